The van der Waals surface area contributed by atoms with Crippen molar-refractivity contribution in [3.05, 3.63) is 90.4 Å². The topological polar surface area (TPSA) is 124 Å². The lowest BCUT2D eigenvalue weighted by atomic mass is 10.0. The van der Waals surface area contributed by atoms with Gasteiger partial charge in [-0.2, -0.15) is 0 Å². The highest BCUT2D eigenvalue weighted by Gasteiger charge is 2.46. The maximum absolute atomic E-state index is 14.1. The van der Waals surface area contributed by atoms with Crippen LogP contribution in [0.4, 0.5) is 5.69 Å². The SMILES string of the molecule is COCC(C)n1c(-c2cnc(OC)[nH]c2=O)nc2c1C(c1ccc(Cl)cc1)N(c1cc(Cl)cn(C)c1=O)C2=O. The highest BCUT2D eigenvalue weighted by molar-refractivity contribution is 6.31. The predicted octanol–water partition coefficient (Wildman–Crippen LogP) is 3.60. The average Bonchev–Trinajstić information content (AvgIpc) is 3.41. The minimum absolute atomic E-state index is 0.0393. The number of benzene rings is 1. The Hall–Kier alpha value is -3.93. The number of halogens is 2. The van der Waals surface area contributed by atoms with Gasteiger partial charge in [-0.05, 0) is 30.7 Å². The molecule has 11 nitrogen and oxygen atoms in total. The smallest absolute Gasteiger partial charge is 0.296 e. The largest absolute Gasteiger partial charge is 0.468 e. The summed E-state index contributed by atoms with van der Waals surface area (Å²) in [5.74, 6) is -0.293. The molecule has 0 saturated heterocycles. The van der Waals surface area contributed by atoms with Gasteiger partial charge in [-0.25, -0.2) is 9.97 Å². The van der Waals surface area contributed by atoms with Crippen LogP contribution in [0, 0.1) is 0 Å². The van der Waals surface area contributed by atoms with Crippen LogP contribution in [0.1, 0.15) is 40.8 Å². The Morgan fingerprint density at radius 2 is 1.82 bits per heavy atom. The number of fused-ring (bicyclic) bond motifs is 1. The van der Waals surface area contributed by atoms with Gasteiger partial charge in [-0.1, -0.05) is 35.3 Å². The van der Waals surface area contributed by atoms with Crippen LogP contribution in [0.15, 0.2) is 52.3 Å². The van der Waals surface area contributed by atoms with Gasteiger partial charge in [0, 0.05) is 31.6 Å². The summed E-state index contributed by atoms with van der Waals surface area (Å²) in [5.41, 5.74) is 0.569. The van der Waals surface area contributed by atoms with E-state index in [9.17, 15) is 14.4 Å². The van der Waals surface area contributed by atoms with Crippen LogP contribution >= 0.6 is 23.2 Å². The summed E-state index contributed by atoms with van der Waals surface area (Å²) >= 11 is 12.5. The van der Waals surface area contributed by atoms with Crippen molar-refractivity contribution in [2.24, 2.45) is 7.05 Å². The number of hydrogen-bond acceptors (Lipinski definition) is 7. The third-order valence-corrected chi connectivity index (χ3v) is 6.98. The lowest BCUT2D eigenvalue weighted by molar-refractivity contribution is 0.0989. The normalized spacial score (nSPS) is 15.5. The molecule has 1 aromatic carbocycles. The van der Waals surface area contributed by atoms with E-state index < -0.39 is 23.1 Å². The summed E-state index contributed by atoms with van der Waals surface area (Å²) in [5, 5.41) is 0.790. The molecular formula is C26H24Cl2N6O5. The highest BCUT2D eigenvalue weighted by atomic mass is 35.5. The first kappa shape index (κ1) is 26.7. The van der Waals surface area contributed by atoms with E-state index in [1.807, 2.05) is 6.92 Å². The Balaban J connectivity index is 1.82. The van der Waals surface area contributed by atoms with Crippen molar-refractivity contribution in [1.82, 2.24) is 24.1 Å². The molecule has 2 atom stereocenters. The number of ether oxygens (including phenoxy) is 2. The number of aryl methyl sites for hydroxylation is 1. The van der Waals surface area contributed by atoms with Crippen molar-refractivity contribution >= 4 is 34.8 Å². The Bertz CT molecular complexity index is 1690. The number of anilines is 1. The van der Waals surface area contributed by atoms with Crippen molar-refractivity contribution in [3.8, 4) is 17.4 Å². The molecule has 0 bridgehead atoms. The summed E-state index contributed by atoms with van der Waals surface area (Å²) in [6.07, 6.45) is 2.82. The number of imidazole rings is 1. The van der Waals surface area contributed by atoms with E-state index in [1.165, 1.54) is 35.0 Å². The Morgan fingerprint density at radius 3 is 2.46 bits per heavy atom. The van der Waals surface area contributed by atoms with Gasteiger partial charge in [-0.15, -0.1) is 0 Å². The van der Waals surface area contributed by atoms with Crippen LogP contribution in [0.5, 0.6) is 6.01 Å². The fourth-order valence-corrected chi connectivity index (χ4v) is 5.21. The molecule has 1 aliphatic rings. The van der Waals surface area contributed by atoms with Crippen LogP contribution in [-0.4, -0.2) is 50.8 Å². The van der Waals surface area contributed by atoms with Crippen molar-refractivity contribution in [1.29, 1.82) is 0 Å². The van der Waals surface area contributed by atoms with E-state index in [0.717, 1.165) is 0 Å². The number of nitrogens with zero attached hydrogens (tertiary/aromatic N) is 5. The zero-order chi connectivity index (χ0) is 28.0. The van der Waals surface area contributed by atoms with Gasteiger partial charge in [0.15, 0.2) is 5.69 Å². The van der Waals surface area contributed by atoms with Gasteiger partial charge < -0.3 is 18.6 Å². The molecule has 0 fully saturated rings. The second-order valence-corrected chi connectivity index (χ2v) is 9.94. The second kappa shape index (κ2) is 10.3. The van der Waals surface area contributed by atoms with Crippen LogP contribution in [-0.2, 0) is 11.8 Å². The molecule has 1 N–H and O–H groups in total. The molecule has 13 heteroatoms. The maximum Gasteiger partial charge on any atom is 0.296 e. The molecule has 202 valence electrons. The Kier molecular flexibility index (Phi) is 7.06. The first-order chi connectivity index (χ1) is 18.7. The summed E-state index contributed by atoms with van der Waals surface area (Å²) in [6.45, 7) is 2.13. The predicted molar refractivity (Wildman–Crippen MR) is 146 cm³/mol. The monoisotopic (exact) mass is 570 g/mol. The fraction of sp³-hybridized carbons (Fsp3) is 0.269. The summed E-state index contributed by atoms with van der Waals surface area (Å²) in [6, 6.07) is 7.29. The van der Waals surface area contributed by atoms with E-state index in [2.05, 4.69) is 15.0 Å². The number of carbonyl (C=O) groups is 1. The van der Waals surface area contributed by atoms with Gasteiger partial charge in [0.1, 0.15) is 23.1 Å². The molecule has 1 amide bonds. The Labute approximate surface area is 232 Å². The Morgan fingerprint density at radius 1 is 1.10 bits per heavy atom. The first-order valence-electron chi connectivity index (χ1n) is 11.9. The first-order valence-corrected chi connectivity index (χ1v) is 12.6. The van der Waals surface area contributed by atoms with E-state index in [0.29, 0.717) is 16.3 Å². The number of carbonyl (C=O) groups excluding carboxylic acids is 1. The van der Waals surface area contributed by atoms with Gasteiger partial charge in [0.2, 0.25) is 0 Å². The van der Waals surface area contributed by atoms with E-state index >= 15 is 0 Å². The fourth-order valence-electron chi connectivity index (χ4n) is 4.84. The molecule has 2 unspecified atom stereocenters. The summed E-state index contributed by atoms with van der Waals surface area (Å²) in [7, 11) is 4.50. The molecule has 1 aliphatic heterocycles. The van der Waals surface area contributed by atoms with Crippen LogP contribution in [0.3, 0.4) is 0 Å². The zero-order valence-electron chi connectivity index (χ0n) is 21.4. The van der Waals surface area contributed by atoms with Crippen molar-refractivity contribution < 1.29 is 14.3 Å². The lowest BCUT2D eigenvalue weighted by Crippen LogP contribution is -2.36. The molecule has 0 saturated carbocycles. The number of rotatable bonds is 7. The molecule has 0 radical (unpaired) electrons. The van der Waals surface area contributed by atoms with E-state index in [4.69, 9.17) is 32.7 Å². The molecule has 4 heterocycles. The quantitative estimate of drug-likeness (QED) is 0.360. The van der Waals surface area contributed by atoms with Gasteiger partial charge in [0.25, 0.3) is 23.0 Å². The molecule has 5 rings (SSSR count). The number of pyridine rings is 1. The minimum atomic E-state index is -0.790. The van der Waals surface area contributed by atoms with Gasteiger partial charge >= 0.3 is 0 Å². The summed E-state index contributed by atoms with van der Waals surface area (Å²) < 4.78 is 13.6. The molecule has 0 spiro atoms. The summed E-state index contributed by atoms with van der Waals surface area (Å²) in [4.78, 5) is 53.0. The number of nitrogens with one attached hydrogen (secondary N) is 1. The van der Waals surface area contributed by atoms with Gasteiger partial charge in [-0.3, -0.25) is 24.3 Å². The van der Waals surface area contributed by atoms with E-state index in [-0.39, 0.29) is 46.5 Å². The molecular weight excluding hydrogens is 547 g/mol. The number of methoxy groups -OCH3 is 2. The average molecular weight is 571 g/mol. The van der Waals surface area contributed by atoms with Crippen molar-refractivity contribution in [3.63, 3.8) is 0 Å². The molecule has 39 heavy (non-hydrogen) atoms. The molecule has 0 aliphatic carbocycles. The van der Waals surface area contributed by atoms with Crippen LogP contribution in [0.25, 0.3) is 11.4 Å². The van der Waals surface area contributed by atoms with Crippen LogP contribution in [0.2, 0.25) is 10.0 Å². The van der Waals surface area contributed by atoms with Crippen LogP contribution < -0.4 is 20.8 Å². The molecule has 3 aromatic heterocycles. The number of H-pyrrole nitrogens is 1. The second-order valence-electron chi connectivity index (χ2n) is 9.07. The molecule has 4 aromatic rings. The number of amides is 1. The van der Waals surface area contributed by atoms with Gasteiger partial charge in [0.05, 0.1) is 30.5 Å². The number of hydrogen-bond donors (Lipinski definition) is 1. The zero-order valence-corrected chi connectivity index (χ0v) is 22.9. The third kappa shape index (κ3) is 4.52. The van der Waals surface area contributed by atoms with E-state index in [1.54, 1.807) is 43.0 Å². The third-order valence-electron chi connectivity index (χ3n) is 6.52. The lowest BCUT2D eigenvalue weighted by Gasteiger charge is -2.28. The number of aromatic amines is 1. The van der Waals surface area contributed by atoms with Crippen molar-refractivity contribution in [2.75, 3.05) is 25.7 Å². The highest BCUT2D eigenvalue weighted by Crippen LogP contribution is 2.44. The standard InChI is InChI=1S/C26H24Cl2N6O5/c1-13(12-38-3)33-21-19(30-22(33)17-10-29-26(39-4)31-23(17)35)25(37)34(18-9-16(28)11-32(2)24(18)36)20(21)14-5-7-15(27)8-6-14/h5-11,13,20H,12H2,1-4H3,(H,29,31,35). The number of aromatic nitrogens is 5. The van der Waals surface area contributed by atoms with Crippen molar-refractivity contribution in [2.45, 2.75) is 19.0 Å². The minimum Gasteiger partial charge on any atom is -0.468 e. The maximum atomic E-state index is 14.1.